The zero-order chi connectivity index (χ0) is 27.1. The third-order valence-corrected chi connectivity index (χ3v) is 7.51. The molecule has 2 aliphatic heterocycles. The van der Waals surface area contributed by atoms with Gasteiger partial charge in [-0.1, -0.05) is 60.7 Å². The maximum atomic E-state index is 13.2. The summed E-state index contributed by atoms with van der Waals surface area (Å²) in [5.74, 6) is 1.48. The van der Waals surface area contributed by atoms with E-state index in [0.29, 0.717) is 45.1 Å². The van der Waals surface area contributed by atoms with Crippen LogP contribution in [0.1, 0.15) is 24.0 Å². The van der Waals surface area contributed by atoms with Crippen LogP contribution in [0.3, 0.4) is 0 Å². The third-order valence-electron chi connectivity index (χ3n) is 7.51. The van der Waals surface area contributed by atoms with Crippen LogP contribution in [-0.4, -0.2) is 64.6 Å². The molecule has 8 nitrogen and oxygen atoms in total. The van der Waals surface area contributed by atoms with Gasteiger partial charge in [-0.25, -0.2) is 4.98 Å². The molecule has 204 valence electrons. The second kappa shape index (κ2) is 12.3. The van der Waals surface area contributed by atoms with Crippen LogP contribution >= 0.6 is 0 Å². The average Bonchev–Trinajstić information content (AvgIpc) is 3.02. The molecule has 4 heterocycles. The Kier molecular flexibility index (Phi) is 7.95. The Morgan fingerprint density at radius 1 is 0.950 bits per heavy atom. The van der Waals surface area contributed by atoms with Crippen molar-refractivity contribution in [3.05, 3.63) is 96.3 Å². The number of aryl methyl sites for hydroxylation is 1. The predicted octanol–water partition coefficient (Wildman–Crippen LogP) is 4.90. The van der Waals surface area contributed by atoms with Gasteiger partial charge in [0, 0.05) is 55.7 Å². The Morgan fingerprint density at radius 3 is 2.52 bits per heavy atom. The van der Waals surface area contributed by atoms with Crippen molar-refractivity contribution in [2.75, 3.05) is 43.1 Å². The number of aromatic nitrogens is 3. The van der Waals surface area contributed by atoms with E-state index >= 15 is 0 Å². The van der Waals surface area contributed by atoms with Crippen molar-refractivity contribution < 1.29 is 9.53 Å². The number of carbonyl (C=O) groups is 1. The minimum absolute atomic E-state index is 0.124. The molecule has 2 aromatic carbocycles. The molecule has 6 rings (SSSR count). The number of morpholine rings is 1. The summed E-state index contributed by atoms with van der Waals surface area (Å²) >= 11 is 0. The summed E-state index contributed by atoms with van der Waals surface area (Å²) in [5.41, 5.74) is 5.56. The van der Waals surface area contributed by atoms with Crippen molar-refractivity contribution in [1.29, 1.82) is 0 Å². The Labute approximate surface area is 235 Å². The molecule has 1 fully saturated rings. The first-order chi connectivity index (χ1) is 19.7. The summed E-state index contributed by atoms with van der Waals surface area (Å²) in [6, 6.07) is 24.5. The van der Waals surface area contributed by atoms with Crippen LogP contribution < -0.4 is 10.2 Å². The second-order valence-corrected chi connectivity index (χ2v) is 10.3. The number of hydrogen-bond donors (Lipinski definition) is 1. The fourth-order valence-electron chi connectivity index (χ4n) is 5.45. The van der Waals surface area contributed by atoms with E-state index in [1.165, 1.54) is 5.56 Å². The van der Waals surface area contributed by atoms with Crippen molar-refractivity contribution >= 4 is 23.4 Å². The Balaban J connectivity index is 1.24. The van der Waals surface area contributed by atoms with E-state index in [0.717, 1.165) is 47.7 Å². The third kappa shape index (κ3) is 6.13. The molecule has 0 bridgehead atoms. The van der Waals surface area contributed by atoms with Crippen LogP contribution in [-0.2, 0) is 22.4 Å². The van der Waals surface area contributed by atoms with Gasteiger partial charge in [0.15, 0.2) is 0 Å². The molecule has 0 saturated carbocycles. The van der Waals surface area contributed by atoms with E-state index in [1.807, 2.05) is 53.6 Å². The number of ether oxygens (including phenoxy) is 1. The molecular formula is C32H34N6O2. The van der Waals surface area contributed by atoms with E-state index in [9.17, 15) is 4.79 Å². The van der Waals surface area contributed by atoms with Crippen LogP contribution in [0.25, 0.3) is 11.3 Å². The molecular weight excluding hydrogens is 500 g/mol. The van der Waals surface area contributed by atoms with Crippen molar-refractivity contribution in [3.63, 3.8) is 0 Å². The van der Waals surface area contributed by atoms with E-state index < -0.39 is 0 Å². The van der Waals surface area contributed by atoms with Gasteiger partial charge in [0.25, 0.3) is 0 Å². The van der Waals surface area contributed by atoms with Crippen molar-refractivity contribution in [3.8, 4) is 11.3 Å². The van der Waals surface area contributed by atoms with Crippen LogP contribution in [0, 0.1) is 0 Å². The predicted molar refractivity (Wildman–Crippen MR) is 157 cm³/mol. The van der Waals surface area contributed by atoms with Crippen LogP contribution in [0.2, 0.25) is 0 Å². The smallest absolute Gasteiger partial charge is 0.224 e. The molecule has 1 atom stereocenters. The number of nitrogens with zero attached hydrogens (tertiary/aromatic N) is 5. The van der Waals surface area contributed by atoms with Gasteiger partial charge in [0.05, 0.1) is 18.9 Å². The Hall–Kier alpha value is -4.30. The van der Waals surface area contributed by atoms with Gasteiger partial charge in [0.1, 0.15) is 5.82 Å². The minimum atomic E-state index is -0.143. The number of benzene rings is 2. The standard InChI is InChI=1S/C32H34N6O2/c39-31(37-16-18-40-19-17-37)21-27(20-24-8-3-1-4-9-24)35-32-33-14-13-30(36-32)38-15-7-12-26-23-34-28(22-29(26)38)25-10-5-2-6-11-25/h1-6,8-11,13-14,22-23,27H,7,12,15-21H2,(H,33,35,36)/t27-/m1/s1. The largest absolute Gasteiger partial charge is 0.378 e. The fraction of sp³-hybridized carbons (Fsp3) is 0.312. The summed E-state index contributed by atoms with van der Waals surface area (Å²) in [6.45, 7) is 3.32. The molecule has 1 N–H and O–H groups in total. The highest BCUT2D eigenvalue weighted by Gasteiger charge is 2.24. The minimum Gasteiger partial charge on any atom is -0.378 e. The maximum absolute atomic E-state index is 13.2. The molecule has 1 saturated heterocycles. The molecule has 2 aliphatic rings. The van der Waals surface area contributed by atoms with Gasteiger partial charge >= 0.3 is 0 Å². The lowest BCUT2D eigenvalue weighted by molar-refractivity contribution is -0.135. The lowest BCUT2D eigenvalue weighted by Gasteiger charge is -2.31. The summed E-state index contributed by atoms with van der Waals surface area (Å²) < 4.78 is 5.44. The first kappa shape index (κ1) is 26.0. The normalized spacial score (nSPS) is 15.8. The lowest BCUT2D eigenvalue weighted by atomic mass is 10.0. The molecule has 0 spiro atoms. The molecule has 0 aliphatic carbocycles. The molecule has 0 unspecified atom stereocenters. The SMILES string of the molecule is O=C(C[C@@H](Cc1ccccc1)Nc1nccc(N2CCCc3cnc(-c4ccccc4)cc32)n1)N1CCOCC1. The number of carbonyl (C=O) groups excluding carboxylic acids is 1. The summed E-state index contributed by atoms with van der Waals surface area (Å²) in [6.07, 6.45) is 6.87. The van der Waals surface area contributed by atoms with Gasteiger partial charge in [-0.2, -0.15) is 4.98 Å². The van der Waals surface area contributed by atoms with E-state index in [-0.39, 0.29) is 11.9 Å². The van der Waals surface area contributed by atoms with Crippen LogP contribution in [0.5, 0.6) is 0 Å². The number of fused-ring (bicyclic) bond motifs is 1. The quantitative estimate of drug-likeness (QED) is 0.344. The van der Waals surface area contributed by atoms with E-state index in [4.69, 9.17) is 14.7 Å². The highest BCUT2D eigenvalue weighted by Crippen LogP contribution is 2.35. The number of nitrogens with one attached hydrogen (secondary N) is 1. The first-order valence-corrected chi connectivity index (χ1v) is 14.0. The van der Waals surface area contributed by atoms with Gasteiger partial charge < -0.3 is 19.9 Å². The molecule has 8 heteroatoms. The van der Waals surface area contributed by atoms with Gasteiger partial charge in [-0.3, -0.25) is 9.78 Å². The monoisotopic (exact) mass is 534 g/mol. The number of pyridine rings is 1. The Bertz CT molecular complexity index is 1430. The summed E-state index contributed by atoms with van der Waals surface area (Å²) in [4.78, 5) is 31.5. The second-order valence-electron chi connectivity index (χ2n) is 10.3. The van der Waals surface area contributed by atoms with Gasteiger partial charge in [0.2, 0.25) is 11.9 Å². The maximum Gasteiger partial charge on any atom is 0.224 e. The summed E-state index contributed by atoms with van der Waals surface area (Å²) in [7, 11) is 0. The van der Waals surface area contributed by atoms with Crippen molar-refractivity contribution in [1.82, 2.24) is 19.9 Å². The average molecular weight is 535 g/mol. The van der Waals surface area contributed by atoms with Gasteiger partial charge in [-0.15, -0.1) is 0 Å². The van der Waals surface area contributed by atoms with Gasteiger partial charge in [-0.05, 0) is 42.5 Å². The number of rotatable bonds is 8. The molecule has 4 aromatic rings. The highest BCUT2D eigenvalue weighted by molar-refractivity contribution is 5.77. The molecule has 0 radical (unpaired) electrons. The number of amides is 1. The summed E-state index contributed by atoms with van der Waals surface area (Å²) in [5, 5.41) is 3.50. The number of hydrogen-bond acceptors (Lipinski definition) is 7. The number of anilines is 3. The van der Waals surface area contributed by atoms with Crippen molar-refractivity contribution in [2.24, 2.45) is 0 Å². The molecule has 1 amide bonds. The zero-order valence-corrected chi connectivity index (χ0v) is 22.6. The van der Waals surface area contributed by atoms with E-state index in [1.54, 1.807) is 6.20 Å². The lowest BCUT2D eigenvalue weighted by Crippen LogP contribution is -2.43. The molecule has 2 aromatic heterocycles. The fourth-order valence-corrected chi connectivity index (χ4v) is 5.45. The van der Waals surface area contributed by atoms with E-state index in [2.05, 4.69) is 45.5 Å². The van der Waals surface area contributed by atoms with Crippen LogP contribution in [0.15, 0.2) is 85.2 Å². The zero-order valence-electron chi connectivity index (χ0n) is 22.6. The topological polar surface area (TPSA) is 83.5 Å². The highest BCUT2D eigenvalue weighted by atomic mass is 16.5. The van der Waals surface area contributed by atoms with Crippen LogP contribution in [0.4, 0.5) is 17.5 Å². The van der Waals surface area contributed by atoms with Crippen molar-refractivity contribution in [2.45, 2.75) is 31.7 Å². The first-order valence-electron chi connectivity index (χ1n) is 14.0. The molecule has 40 heavy (non-hydrogen) atoms. The Morgan fingerprint density at radius 2 is 1.73 bits per heavy atom.